The van der Waals surface area contributed by atoms with Crippen molar-refractivity contribution in [3.05, 3.63) is 33.8 Å². The van der Waals surface area contributed by atoms with Crippen molar-refractivity contribution in [1.82, 2.24) is 10.6 Å². The minimum absolute atomic E-state index is 0.183. The molecule has 3 amide bonds. The summed E-state index contributed by atoms with van der Waals surface area (Å²) in [5.41, 5.74) is 5.05. The molecule has 8 heteroatoms. The number of carbonyl (C=O) groups is 3. The molecule has 102 valence electrons. The summed E-state index contributed by atoms with van der Waals surface area (Å²) in [6, 6.07) is 4.38. The molecule has 1 aromatic carbocycles. The Morgan fingerprint density at radius 3 is 2.37 bits per heavy atom. The van der Waals surface area contributed by atoms with E-state index < -0.39 is 17.7 Å². The van der Waals surface area contributed by atoms with E-state index in [2.05, 4.69) is 10.6 Å². The molecule has 0 aliphatic heterocycles. The molecule has 0 aromatic heterocycles. The zero-order chi connectivity index (χ0) is 14.4. The highest BCUT2D eigenvalue weighted by Gasteiger charge is 2.12. The Balaban J connectivity index is 2.51. The van der Waals surface area contributed by atoms with Crippen LogP contribution >= 0.6 is 23.2 Å². The van der Waals surface area contributed by atoms with Gasteiger partial charge in [-0.2, -0.15) is 0 Å². The van der Waals surface area contributed by atoms with Gasteiger partial charge >= 0.3 is 0 Å². The lowest BCUT2D eigenvalue weighted by Crippen LogP contribution is -2.40. The first-order valence-corrected chi connectivity index (χ1v) is 5.94. The Labute approximate surface area is 119 Å². The number of benzene rings is 1. The molecule has 4 N–H and O–H groups in total. The van der Waals surface area contributed by atoms with E-state index >= 15 is 0 Å². The van der Waals surface area contributed by atoms with Crippen LogP contribution in [0.4, 0.5) is 0 Å². The Hall–Kier alpha value is -1.79. The zero-order valence-electron chi connectivity index (χ0n) is 9.70. The summed E-state index contributed by atoms with van der Waals surface area (Å²) in [7, 11) is 0. The van der Waals surface area contributed by atoms with E-state index in [1.807, 2.05) is 0 Å². The Morgan fingerprint density at radius 2 is 1.79 bits per heavy atom. The van der Waals surface area contributed by atoms with Gasteiger partial charge in [0.15, 0.2) is 0 Å². The highest BCUT2D eigenvalue weighted by molar-refractivity contribution is 6.36. The normalized spacial score (nSPS) is 9.79. The minimum atomic E-state index is -0.666. The van der Waals surface area contributed by atoms with E-state index in [-0.39, 0.29) is 23.7 Å². The summed E-state index contributed by atoms with van der Waals surface area (Å²) < 4.78 is 0. The molecule has 0 saturated heterocycles. The lowest BCUT2D eigenvalue weighted by atomic mass is 10.2. The van der Waals surface area contributed by atoms with Crippen molar-refractivity contribution in [2.75, 3.05) is 13.1 Å². The second-order valence-electron chi connectivity index (χ2n) is 3.55. The summed E-state index contributed by atoms with van der Waals surface area (Å²) in [5, 5.41) is 5.17. The Bertz CT molecular complexity index is 520. The molecular formula is C11H11Cl2N3O3. The number of hydrogen-bond acceptors (Lipinski definition) is 3. The fourth-order valence-electron chi connectivity index (χ4n) is 1.18. The summed E-state index contributed by atoms with van der Waals surface area (Å²) in [5.74, 6) is -1.71. The molecule has 0 radical (unpaired) electrons. The molecule has 0 aliphatic carbocycles. The van der Waals surface area contributed by atoms with Crippen LogP contribution in [0.2, 0.25) is 10.0 Å². The summed E-state index contributed by atoms with van der Waals surface area (Å²) >= 11 is 11.5. The highest BCUT2D eigenvalue weighted by atomic mass is 35.5. The van der Waals surface area contributed by atoms with E-state index in [4.69, 9.17) is 28.9 Å². The molecule has 0 fully saturated rings. The first kappa shape index (κ1) is 15.3. The molecule has 0 bridgehead atoms. The maximum absolute atomic E-state index is 11.7. The van der Waals surface area contributed by atoms with Gasteiger partial charge in [0.2, 0.25) is 11.8 Å². The number of halogens is 2. The largest absolute Gasteiger partial charge is 0.368 e. The van der Waals surface area contributed by atoms with E-state index in [1.54, 1.807) is 0 Å². The molecular weight excluding hydrogens is 293 g/mol. The van der Waals surface area contributed by atoms with Crippen molar-refractivity contribution in [3.8, 4) is 0 Å². The average Bonchev–Trinajstić information content (AvgIpc) is 2.33. The smallest absolute Gasteiger partial charge is 0.253 e. The zero-order valence-corrected chi connectivity index (χ0v) is 11.2. The SMILES string of the molecule is NC(=O)CNC(=O)CNC(=O)c1ccc(Cl)cc1Cl. The van der Waals surface area contributed by atoms with Crippen LogP contribution < -0.4 is 16.4 Å². The van der Waals surface area contributed by atoms with Crippen molar-refractivity contribution in [2.24, 2.45) is 5.73 Å². The second-order valence-corrected chi connectivity index (χ2v) is 4.39. The molecule has 19 heavy (non-hydrogen) atoms. The van der Waals surface area contributed by atoms with Crippen LogP contribution in [0.5, 0.6) is 0 Å². The molecule has 0 heterocycles. The third kappa shape index (κ3) is 5.15. The van der Waals surface area contributed by atoms with Gasteiger partial charge in [0.05, 0.1) is 23.7 Å². The van der Waals surface area contributed by atoms with Crippen LogP contribution in [0.25, 0.3) is 0 Å². The van der Waals surface area contributed by atoms with Crippen LogP contribution in [-0.2, 0) is 9.59 Å². The van der Waals surface area contributed by atoms with Gasteiger partial charge in [0, 0.05) is 5.02 Å². The monoisotopic (exact) mass is 303 g/mol. The highest BCUT2D eigenvalue weighted by Crippen LogP contribution is 2.20. The van der Waals surface area contributed by atoms with Gasteiger partial charge < -0.3 is 16.4 Å². The van der Waals surface area contributed by atoms with Crippen LogP contribution in [0.1, 0.15) is 10.4 Å². The van der Waals surface area contributed by atoms with Gasteiger partial charge in [0.1, 0.15) is 0 Å². The van der Waals surface area contributed by atoms with Crippen LogP contribution in [0.3, 0.4) is 0 Å². The topological polar surface area (TPSA) is 101 Å². The predicted octanol–water partition coefficient (Wildman–Crippen LogP) is 0.325. The van der Waals surface area contributed by atoms with Crippen molar-refractivity contribution in [3.63, 3.8) is 0 Å². The average molecular weight is 304 g/mol. The quantitative estimate of drug-likeness (QED) is 0.730. The third-order valence-corrected chi connectivity index (χ3v) is 2.59. The number of nitrogens with two attached hydrogens (primary N) is 1. The number of primary amides is 1. The first-order chi connectivity index (χ1) is 8.90. The van der Waals surface area contributed by atoms with Crippen molar-refractivity contribution in [1.29, 1.82) is 0 Å². The van der Waals surface area contributed by atoms with Gasteiger partial charge in [0.25, 0.3) is 5.91 Å². The van der Waals surface area contributed by atoms with Crippen LogP contribution in [0, 0.1) is 0 Å². The molecule has 1 rings (SSSR count). The third-order valence-electron chi connectivity index (χ3n) is 2.05. The lowest BCUT2D eigenvalue weighted by molar-refractivity contribution is -0.124. The number of hydrogen-bond donors (Lipinski definition) is 3. The second kappa shape index (κ2) is 6.96. The van der Waals surface area contributed by atoms with Crippen molar-refractivity contribution >= 4 is 40.9 Å². The minimum Gasteiger partial charge on any atom is -0.368 e. The number of amides is 3. The van der Waals surface area contributed by atoms with Gasteiger partial charge in [-0.1, -0.05) is 23.2 Å². The summed E-state index contributed by atoms with van der Waals surface area (Å²) in [6.07, 6.45) is 0. The standard InChI is InChI=1S/C11H11Cl2N3O3/c12-6-1-2-7(8(13)3-6)11(19)16-5-10(18)15-4-9(14)17/h1-3H,4-5H2,(H2,14,17)(H,15,18)(H,16,19). The van der Waals surface area contributed by atoms with Crippen LogP contribution in [-0.4, -0.2) is 30.8 Å². The van der Waals surface area contributed by atoms with E-state index in [0.717, 1.165) is 0 Å². The van der Waals surface area contributed by atoms with Gasteiger partial charge in [-0.25, -0.2) is 0 Å². The van der Waals surface area contributed by atoms with Gasteiger partial charge in [-0.05, 0) is 18.2 Å². The molecule has 1 aromatic rings. The fourth-order valence-corrected chi connectivity index (χ4v) is 1.67. The molecule has 6 nitrogen and oxygen atoms in total. The van der Waals surface area contributed by atoms with E-state index in [0.29, 0.717) is 5.02 Å². The van der Waals surface area contributed by atoms with Gasteiger partial charge in [-0.15, -0.1) is 0 Å². The molecule has 0 spiro atoms. The fraction of sp³-hybridized carbons (Fsp3) is 0.182. The first-order valence-electron chi connectivity index (χ1n) is 5.18. The molecule has 0 saturated carbocycles. The molecule has 0 atom stereocenters. The lowest BCUT2D eigenvalue weighted by Gasteiger charge is -2.07. The maximum Gasteiger partial charge on any atom is 0.253 e. The number of carbonyl (C=O) groups excluding carboxylic acids is 3. The number of nitrogens with one attached hydrogen (secondary N) is 2. The Morgan fingerprint density at radius 1 is 1.11 bits per heavy atom. The molecule has 0 unspecified atom stereocenters. The summed E-state index contributed by atoms with van der Waals surface area (Å²) in [4.78, 5) is 33.4. The predicted molar refractivity (Wildman–Crippen MR) is 71.0 cm³/mol. The van der Waals surface area contributed by atoms with Crippen molar-refractivity contribution in [2.45, 2.75) is 0 Å². The van der Waals surface area contributed by atoms with Gasteiger partial charge in [-0.3, -0.25) is 14.4 Å². The van der Waals surface area contributed by atoms with E-state index in [1.165, 1.54) is 18.2 Å². The van der Waals surface area contributed by atoms with Crippen molar-refractivity contribution < 1.29 is 14.4 Å². The summed E-state index contributed by atoms with van der Waals surface area (Å²) in [6.45, 7) is -0.568. The molecule has 0 aliphatic rings. The van der Waals surface area contributed by atoms with E-state index in [9.17, 15) is 14.4 Å². The Kier molecular flexibility index (Phi) is 5.59. The van der Waals surface area contributed by atoms with Crippen LogP contribution in [0.15, 0.2) is 18.2 Å². The number of rotatable bonds is 5. The maximum atomic E-state index is 11.7.